The molecule has 0 saturated carbocycles. The Morgan fingerprint density at radius 2 is 1.79 bits per heavy atom. The molecule has 0 spiro atoms. The maximum absolute atomic E-state index is 12.5. The normalized spacial score (nSPS) is 15.4. The van der Waals surface area contributed by atoms with Crippen LogP contribution in [-0.4, -0.2) is 54.5 Å². The summed E-state index contributed by atoms with van der Waals surface area (Å²) in [5, 5.41) is 9.00. The first kappa shape index (κ1) is 19.9. The highest BCUT2D eigenvalue weighted by atomic mass is 32.2. The lowest BCUT2D eigenvalue weighted by atomic mass is 10.1. The van der Waals surface area contributed by atoms with E-state index in [-0.39, 0.29) is 16.6 Å². The Kier molecular flexibility index (Phi) is 5.46. The number of sulfone groups is 1. The highest BCUT2D eigenvalue weighted by Gasteiger charge is 2.24. The van der Waals surface area contributed by atoms with Crippen LogP contribution < -0.4 is 10.3 Å². The molecule has 0 atom stereocenters. The van der Waals surface area contributed by atoms with Gasteiger partial charge in [0.05, 0.1) is 4.90 Å². The number of piperidine rings is 1. The molecule has 0 aliphatic carbocycles. The Morgan fingerprint density at radius 3 is 2.32 bits per heavy atom. The van der Waals surface area contributed by atoms with Gasteiger partial charge < -0.3 is 14.7 Å². The Bertz CT molecular complexity index is 1040. The van der Waals surface area contributed by atoms with Crippen LogP contribution in [0, 0.1) is 6.92 Å². The highest BCUT2D eigenvalue weighted by molar-refractivity contribution is 7.90. The zero-order valence-electron chi connectivity index (χ0n) is 15.7. The summed E-state index contributed by atoms with van der Waals surface area (Å²) >= 11 is 0. The largest absolute Gasteiger partial charge is 0.490 e. The SMILES string of the molecule is Cc1cn(-c2ccc(S(C)(=O)=O)cc2)c(=O)cc1OC1CCN(C(=O)O)CC1. The molecule has 1 aliphatic rings. The first-order chi connectivity index (χ1) is 13.1. The predicted molar refractivity (Wildman–Crippen MR) is 103 cm³/mol. The van der Waals surface area contributed by atoms with Gasteiger partial charge in [0.15, 0.2) is 9.84 Å². The number of amides is 1. The minimum absolute atomic E-state index is 0.140. The summed E-state index contributed by atoms with van der Waals surface area (Å²) < 4.78 is 30.5. The molecule has 1 amide bonds. The lowest BCUT2D eigenvalue weighted by Gasteiger charge is -2.30. The number of ether oxygens (including phenoxy) is 1. The number of likely N-dealkylation sites (tertiary alicyclic amines) is 1. The molecule has 1 aromatic carbocycles. The minimum Gasteiger partial charge on any atom is -0.490 e. The van der Waals surface area contributed by atoms with E-state index in [2.05, 4.69) is 0 Å². The number of carbonyl (C=O) groups is 1. The van der Waals surface area contributed by atoms with Crippen LogP contribution in [0.15, 0.2) is 46.2 Å². The molecule has 1 aliphatic heterocycles. The topological polar surface area (TPSA) is 106 Å². The molecular weight excluding hydrogens is 384 g/mol. The van der Waals surface area contributed by atoms with Crippen molar-refractivity contribution >= 4 is 15.9 Å². The van der Waals surface area contributed by atoms with E-state index >= 15 is 0 Å². The number of rotatable bonds is 4. The van der Waals surface area contributed by atoms with Crippen LogP contribution in [0.5, 0.6) is 5.75 Å². The fourth-order valence-electron chi connectivity index (χ4n) is 3.14. The molecule has 0 radical (unpaired) electrons. The van der Waals surface area contributed by atoms with Gasteiger partial charge in [0, 0.05) is 55.7 Å². The Hall–Kier alpha value is -2.81. The lowest BCUT2D eigenvalue weighted by molar-refractivity contribution is 0.0889. The van der Waals surface area contributed by atoms with Gasteiger partial charge in [-0.3, -0.25) is 9.36 Å². The number of hydrogen-bond acceptors (Lipinski definition) is 5. The van der Waals surface area contributed by atoms with Gasteiger partial charge in [-0.2, -0.15) is 0 Å². The number of aromatic nitrogens is 1. The Labute approximate surface area is 162 Å². The monoisotopic (exact) mass is 406 g/mol. The summed E-state index contributed by atoms with van der Waals surface area (Å²) in [6.45, 7) is 2.63. The van der Waals surface area contributed by atoms with Gasteiger partial charge in [0.1, 0.15) is 11.9 Å². The summed E-state index contributed by atoms with van der Waals surface area (Å²) in [5.74, 6) is 0.475. The summed E-state index contributed by atoms with van der Waals surface area (Å²) in [5.41, 5.74) is 1.02. The molecule has 1 fully saturated rings. The molecule has 9 heteroatoms. The zero-order valence-corrected chi connectivity index (χ0v) is 16.5. The maximum atomic E-state index is 12.5. The predicted octanol–water partition coefficient (Wildman–Crippen LogP) is 2.07. The smallest absolute Gasteiger partial charge is 0.407 e. The van der Waals surface area contributed by atoms with Gasteiger partial charge >= 0.3 is 6.09 Å². The van der Waals surface area contributed by atoms with Gasteiger partial charge in [-0.25, -0.2) is 13.2 Å². The lowest BCUT2D eigenvalue weighted by Crippen LogP contribution is -2.41. The number of aryl methyl sites for hydroxylation is 1. The first-order valence-corrected chi connectivity index (χ1v) is 10.7. The second-order valence-corrected chi connectivity index (χ2v) is 8.90. The highest BCUT2D eigenvalue weighted by Crippen LogP contribution is 2.22. The summed E-state index contributed by atoms with van der Waals surface area (Å²) in [4.78, 5) is 25.1. The van der Waals surface area contributed by atoms with Crippen LogP contribution in [0.1, 0.15) is 18.4 Å². The number of carboxylic acid groups (broad SMARTS) is 1. The van der Waals surface area contributed by atoms with Crippen molar-refractivity contribution in [3.63, 3.8) is 0 Å². The van der Waals surface area contributed by atoms with Crippen LogP contribution in [0.3, 0.4) is 0 Å². The maximum Gasteiger partial charge on any atom is 0.407 e. The van der Waals surface area contributed by atoms with Crippen molar-refractivity contribution in [1.82, 2.24) is 9.47 Å². The second-order valence-electron chi connectivity index (χ2n) is 6.88. The first-order valence-electron chi connectivity index (χ1n) is 8.83. The average molecular weight is 406 g/mol. The molecule has 1 saturated heterocycles. The second kappa shape index (κ2) is 7.67. The number of hydrogen-bond donors (Lipinski definition) is 1. The van der Waals surface area contributed by atoms with Gasteiger partial charge in [-0.05, 0) is 31.2 Å². The van der Waals surface area contributed by atoms with Crippen LogP contribution >= 0.6 is 0 Å². The van der Waals surface area contributed by atoms with E-state index in [0.717, 1.165) is 11.8 Å². The number of pyridine rings is 1. The van der Waals surface area contributed by atoms with Crippen LogP contribution in [-0.2, 0) is 9.84 Å². The van der Waals surface area contributed by atoms with Crippen molar-refractivity contribution in [2.45, 2.75) is 30.8 Å². The van der Waals surface area contributed by atoms with Gasteiger partial charge in [-0.15, -0.1) is 0 Å². The summed E-state index contributed by atoms with van der Waals surface area (Å²) in [6.07, 6.45) is 2.85. The van der Waals surface area contributed by atoms with E-state index in [4.69, 9.17) is 9.84 Å². The molecule has 2 heterocycles. The van der Waals surface area contributed by atoms with Crippen LogP contribution in [0.4, 0.5) is 4.79 Å². The van der Waals surface area contributed by atoms with Crippen molar-refractivity contribution in [1.29, 1.82) is 0 Å². The molecule has 28 heavy (non-hydrogen) atoms. The van der Waals surface area contributed by atoms with Crippen molar-refractivity contribution in [2.75, 3.05) is 19.3 Å². The molecule has 150 valence electrons. The fourth-order valence-corrected chi connectivity index (χ4v) is 3.77. The third-order valence-electron chi connectivity index (χ3n) is 4.75. The van der Waals surface area contributed by atoms with E-state index in [1.54, 1.807) is 18.3 Å². The number of nitrogens with zero attached hydrogens (tertiary/aromatic N) is 2. The van der Waals surface area contributed by atoms with Gasteiger partial charge in [-0.1, -0.05) is 0 Å². The van der Waals surface area contributed by atoms with Gasteiger partial charge in [0.2, 0.25) is 0 Å². The average Bonchev–Trinajstić information content (AvgIpc) is 2.64. The van der Waals surface area contributed by atoms with Crippen LogP contribution in [0.25, 0.3) is 5.69 Å². The van der Waals surface area contributed by atoms with E-state index < -0.39 is 15.9 Å². The van der Waals surface area contributed by atoms with E-state index in [1.165, 1.54) is 27.7 Å². The van der Waals surface area contributed by atoms with Crippen molar-refractivity contribution in [3.05, 3.63) is 52.4 Å². The van der Waals surface area contributed by atoms with E-state index in [9.17, 15) is 18.0 Å². The molecule has 1 N–H and O–H groups in total. The molecule has 0 bridgehead atoms. The zero-order chi connectivity index (χ0) is 20.5. The van der Waals surface area contributed by atoms with Crippen molar-refractivity contribution < 1.29 is 23.1 Å². The summed E-state index contributed by atoms with van der Waals surface area (Å²) in [7, 11) is -3.30. The standard InChI is InChI=1S/C19H22N2O6S/c1-13-12-21(14-3-5-16(6-4-14)28(2,25)26)18(22)11-17(13)27-15-7-9-20(10-8-15)19(23)24/h3-6,11-12,15H,7-10H2,1-2H3,(H,23,24). The molecule has 0 unspecified atom stereocenters. The molecule has 8 nitrogen and oxygen atoms in total. The molecular formula is C19H22N2O6S. The third kappa shape index (κ3) is 4.36. The molecule has 3 rings (SSSR count). The fraction of sp³-hybridized carbons (Fsp3) is 0.368. The Morgan fingerprint density at radius 1 is 1.18 bits per heavy atom. The quantitative estimate of drug-likeness (QED) is 0.833. The van der Waals surface area contributed by atoms with Gasteiger partial charge in [0.25, 0.3) is 5.56 Å². The van der Waals surface area contributed by atoms with Crippen LogP contribution in [0.2, 0.25) is 0 Å². The molecule has 2 aromatic rings. The van der Waals surface area contributed by atoms with Crippen molar-refractivity contribution in [3.8, 4) is 11.4 Å². The van der Waals surface area contributed by atoms with E-state index in [1.807, 2.05) is 6.92 Å². The number of benzene rings is 1. The minimum atomic E-state index is -3.30. The Balaban J connectivity index is 1.78. The molecule has 1 aromatic heterocycles. The third-order valence-corrected chi connectivity index (χ3v) is 5.88. The van der Waals surface area contributed by atoms with Crippen molar-refractivity contribution in [2.24, 2.45) is 0 Å². The van der Waals surface area contributed by atoms with E-state index in [0.29, 0.717) is 37.4 Å². The summed E-state index contributed by atoms with van der Waals surface area (Å²) in [6, 6.07) is 7.50.